The molecule has 0 spiro atoms. The van der Waals surface area contributed by atoms with Gasteiger partial charge in [0.2, 0.25) is 0 Å². The number of nitrogens with one attached hydrogen (secondary N) is 1. The highest BCUT2D eigenvalue weighted by Crippen LogP contribution is 2.34. The fourth-order valence-electron chi connectivity index (χ4n) is 4.25. The third-order valence-corrected chi connectivity index (χ3v) is 6.80. The number of amides is 3. The Morgan fingerprint density at radius 2 is 1.94 bits per heavy atom. The smallest absolute Gasteiger partial charge is 0.273 e. The number of rotatable bonds is 7. The van der Waals surface area contributed by atoms with Gasteiger partial charge in [-0.25, -0.2) is 4.39 Å². The second kappa shape index (κ2) is 10.3. The lowest BCUT2D eigenvalue weighted by atomic mass is 9.95. The van der Waals surface area contributed by atoms with Gasteiger partial charge in [-0.3, -0.25) is 19.3 Å². The van der Waals surface area contributed by atoms with Crippen molar-refractivity contribution in [1.82, 2.24) is 9.69 Å². The Labute approximate surface area is 205 Å². The van der Waals surface area contributed by atoms with Crippen LogP contribution < -0.4 is 21.7 Å². The van der Waals surface area contributed by atoms with Gasteiger partial charge in [0.05, 0.1) is 5.69 Å². The summed E-state index contributed by atoms with van der Waals surface area (Å²) in [7, 11) is 0. The van der Waals surface area contributed by atoms with Crippen molar-refractivity contribution >= 4 is 40.6 Å². The minimum Gasteiger partial charge on any atom is -0.464 e. The number of hydrogen-bond acceptors (Lipinski definition) is 7. The number of furan rings is 1. The standard InChI is InChI=1S/C24H26FN5O4S/c1-13-10-11-17(34-13)20(23(32)28-15-7-3-2-4-8-15)30(16-9-5-6-14(25)12-16)24(33)21-18(26)19(22(27)31)29-35-21/h5-6,9-12,15,20H,2-4,7-8,26H2,1H3,(H2,27,31)(H,28,32). The van der Waals surface area contributed by atoms with Crippen LogP contribution in [0.25, 0.3) is 0 Å². The van der Waals surface area contributed by atoms with Gasteiger partial charge in [0, 0.05) is 11.7 Å². The molecule has 184 valence electrons. The molecule has 4 rings (SSSR count). The monoisotopic (exact) mass is 499 g/mol. The third kappa shape index (κ3) is 5.19. The lowest BCUT2D eigenvalue weighted by Gasteiger charge is -2.32. The molecule has 11 heteroatoms. The van der Waals surface area contributed by atoms with E-state index in [9.17, 15) is 18.8 Å². The Morgan fingerprint density at radius 1 is 1.20 bits per heavy atom. The number of carbonyl (C=O) groups is 3. The fourth-order valence-corrected chi connectivity index (χ4v) is 4.99. The molecule has 1 saturated carbocycles. The van der Waals surface area contributed by atoms with Crippen LogP contribution in [0.5, 0.6) is 0 Å². The van der Waals surface area contributed by atoms with Crippen molar-refractivity contribution in [3.8, 4) is 0 Å². The fraction of sp³-hybridized carbons (Fsp3) is 0.333. The zero-order valence-corrected chi connectivity index (χ0v) is 19.9. The van der Waals surface area contributed by atoms with Gasteiger partial charge < -0.3 is 21.2 Å². The Hall–Kier alpha value is -3.73. The van der Waals surface area contributed by atoms with Crippen molar-refractivity contribution in [2.45, 2.75) is 51.1 Å². The van der Waals surface area contributed by atoms with Crippen LogP contribution in [0.4, 0.5) is 15.8 Å². The Morgan fingerprint density at radius 3 is 2.54 bits per heavy atom. The second-order valence-electron chi connectivity index (χ2n) is 8.49. The summed E-state index contributed by atoms with van der Waals surface area (Å²) in [5.41, 5.74) is 11.0. The average Bonchev–Trinajstić information content (AvgIpc) is 3.42. The van der Waals surface area contributed by atoms with Crippen LogP contribution >= 0.6 is 11.5 Å². The van der Waals surface area contributed by atoms with Crippen LogP contribution in [0.15, 0.2) is 40.8 Å². The number of aryl methyl sites for hydroxylation is 1. The number of nitrogens with two attached hydrogens (primary N) is 2. The second-order valence-corrected chi connectivity index (χ2v) is 9.26. The highest BCUT2D eigenvalue weighted by molar-refractivity contribution is 7.09. The molecule has 0 aliphatic heterocycles. The summed E-state index contributed by atoms with van der Waals surface area (Å²) in [5, 5.41) is 3.03. The molecule has 35 heavy (non-hydrogen) atoms. The molecule has 0 bridgehead atoms. The zero-order valence-electron chi connectivity index (χ0n) is 19.1. The largest absolute Gasteiger partial charge is 0.464 e. The molecule has 0 saturated heterocycles. The van der Waals surface area contributed by atoms with Crippen LogP contribution in [0, 0.1) is 12.7 Å². The van der Waals surface area contributed by atoms with Crippen molar-refractivity contribution in [3.05, 3.63) is 64.3 Å². The normalized spacial score (nSPS) is 14.9. The number of hydrogen-bond donors (Lipinski definition) is 3. The number of primary amides is 1. The maximum absolute atomic E-state index is 14.3. The zero-order chi connectivity index (χ0) is 25.1. The van der Waals surface area contributed by atoms with Gasteiger partial charge in [-0.1, -0.05) is 25.3 Å². The number of nitrogen functional groups attached to an aromatic ring is 1. The highest BCUT2D eigenvalue weighted by atomic mass is 32.1. The molecule has 1 aliphatic rings. The van der Waals surface area contributed by atoms with Crippen LogP contribution in [0.3, 0.4) is 0 Å². The van der Waals surface area contributed by atoms with E-state index in [4.69, 9.17) is 15.9 Å². The van der Waals surface area contributed by atoms with E-state index in [2.05, 4.69) is 9.69 Å². The Kier molecular flexibility index (Phi) is 7.15. The minimum absolute atomic E-state index is 0.0470. The summed E-state index contributed by atoms with van der Waals surface area (Å²) in [6.45, 7) is 1.72. The van der Waals surface area contributed by atoms with E-state index in [-0.39, 0.29) is 33.7 Å². The Balaban J connectivity index is 1.82. The summed E-state index contributed by atoms with van der Waals surface area (Å²) in [4.78, 5) is 40.2. The predicted molar refractivity (Wildman–Crippen MR) is 129 cm³/mol. The van der Waals surface area contributed by atoms with E-state index in [1.165, 1.54) is 18.2 Å². The first-order valence-electron chi connectivity index (χ1n) is 11.3. The predicted octanol–water partition coefficient (Wildman–Crippen LogP) is 3.70. The first-order valence-corrected chi connectivity index (χ1v) is 12.0. The number of nitrogens with zero attached hydrogens (tertiary/aromatic N) is 2. The van der Waals surface area contributed by atoms with Gasteiger partial charge >= 0.3 is 0 Å². The van der Waals surface area contributed by atoms with Crippen LogP contribution in [-0.4, -0.2) is 28.1 Å². The molecule has 1 atom stereocenters. The molecule has 2 aromatic heterocycles. The molecule has 5 N–H and O–H groups in total. The van der Waals surface area contributed by atoms with E-state index >= 15 is 0 Å². The van der Waals surface area contributed by atoms with E-state index in [0.29, 0.717) is 17.3 Å². The maximum atomic E-state index is 14.3. The van der Waals surface area contributed by atoms with Gasteiger partial charge in [-0.2, -0.15) is 4.37 Å². The van der Waals surface area contributed by atoms with Gasteiger partial charge in [-0.15, -0.1) is 0 Å². The van der Waals surface area contributed by atoms with E-state index < -0.39 is 29.6 Å². The van der Waals surface area contributed by atoms with Crippen molar-refractivity contribution in [2.24, 2.45) is 5.73 Å². The molecule has 1 unspecified atom stereocenters. The molecule has 1 aliphatic carbocycles. The molecule has 1 fully saturated rings. The first-order chi connectivity index (χ1) is 16.8. The molecule has 3 amide bonds. The van der Waals surface area contributed by atoms with Crippen LogP contribution in [0.1, 0.15) is 69.8 Å². The van der Waals surface area contributed by atoms with Crippen LogP contribution in [-0.2, 0) is 4.79 Å². The molecule has 9 nitrogen and oxygen atoms in total. The summed E-state index contributed by atoms with van der Waals surface area (Å²) in [6.07, 6.45) is 4.75. The Bertz CT molecular complexity index is 1250. The highest BCUT2D eigenvalue weighted by Gasteiger charge is 2.38. The molecular formula is C24H26FN5O4S. The van der Waals surface area contributed by atoms with Crippen LogP contribution in [0.2, 0.25) is 0 Å². The number of aromatic nitrogens is 1. The van der Waals surface area contributed by atoms with Crippen molar-refractivity contribution < 1.29 is 23.2 Å². The summed E-state index contributed by atoms with van der Waals surface area (Å²) >= 11 is 0.682. The molecule has 0 radical (unpaired) electrons. The van der Waals surface area contributed by atoms with E-state index in [1.54, 1.807) is 19.1 Å². The van der Waals surface area contributed by atoms with Gasteiger partial charge in [-0.05, 0) is 61.6 Å². The summed E-state index contributed by atoms with van der Waals surface area (Å²) < 4.78 is 24.0. The number of halogens is 1. The number of carbonyl (C=O) groups excluding carboxylic acids is 3. The van der Waals surface area contributed by atoms with Gasteiger partial charge in [0.15, 0.2) is 11.7 Å². The summed E-state index contributed by atoms with van der Waals surface area (Å²) in [6, 6.07) is 7.27. The third-order valence-electron chi connectivity index (χ3n) is 5.95. The van der Waals surface area contributed by atoms with E-state index in [1.807, 2.05) is 0 Å². The topological polar surface area (TPSA) is 145 Å². The van der Waals surface area contributed by atoms with Crippen molar-refractivity contribution in [2.75, 3.05) is 10.6 Å². The molecule has 2 heterocycles. The molecule has 1 aromatic carbocycles. The van der Waals surface area contributed by atoms with Gasteiger partial charge in [0.1, 0.15) is 22.2 Å². The minimum atomic E-state index is -1.27. The molecular weight excluding hydrogens is 473 g/mol. The number of anilines is 2. The van der Waals surface area contributed by atoms with Gasteiger partial charge in [0.25, 0.3) is 17.7 Å². The summed E-state index contributed by atoms with van der Waals surface area (Å²) in [5.74, 6) is -1.96. The van der Waals surface area contributed by atoms with E-state index in [0.717, 1.165) is 43.1 Å². The SMILES string of the molecule is Cc1ccc(C(C(=O)NC2CCCCC2)N(C(=O)c2snc(C(N)=O)c2N)c2cccc(F)c2)o1. The molecule has 3 aromatic rings. The number of benzene rings is 1. The maximum Gasteiger partial charge on any atom is 0.273 e. The lowest BCUT2D eigenvalue weighted by Crippen LogP contribution is -2.47. The van der Waals surface area contributed by atoms with Crippen molar-refractivity contribution in [3.63, 3.8) is 0 Å². The van der Waals surface area contributed by atoms with Crippen molar-refractivity contribution in [1.29, 1.82) is 0 Å². The first kappa shape index (κ1) is 24.4. The quantitative estimate of drug-likeness (QED) is 0.452. The average molecular weight is 500 g/mol. The lowest BCUT2D eigenvalue weighted by molar-refractivity contribution is -0.123.